The molecule has 4 atom stereocenters. The van der Waals surface area contributed by atoms with E-state index in [1.165, 1.54) is 11.3 Å². The van der Waals surface area contributed by atoms with E-state index >= 15 is 0 Å². The Labute approximate surface area is 216 Å². The van der Waals surface area contributed by atoms with Crippen molar-refractivity contribution in [1.82, 2.24) is 0 Å². The molecule has 0 aromatic carbocycles. The number of hydrogen-bond acceptors (Lipinski definition) is 6. The monoisotopic (exact) mass is 518 g/mol. The fourth-order valence-electron chi connectivity index (χ4n) is 6.33. The number of aliphatic hydroxyl groups is 1. The Hall–Kier alpha value is -2.39. The van der Waals surface area contributed by atoms with Crippen molar-refractivity contribution >= 4 is 40.4 Å². The topological polar surface area (TPSA) is 141 Å². The van der Waals surface area contributed by atoms with Crippen LogP contribution in [0.4, 0.5) is 5.69 Å². The number of thiophene rings is 1. The van der Waals surface area contributed by atoms with Crippen molar-refractivity contribution in [3.05, 3.63) is 21.9 Å². The van der Waals surface area contributed by atoms with Crippen molar-refractivity contribution < 1.29 is 29.7 Å². The van der Waals surface area contributed by atoms with E-state index < -0.39 is 42.0 Å². The lowest BCUT2D eigenvalue weighted by Gasteiger charge is -2.45. The lowest BCUT2D eigenvalue weighted by atomic mass is 9.75. The molecule has 3 aliphatic carbocycles. The average Bonchev–Trinajstić information content (AvgIpc) is 3.30. The number of nitrogens with two attached hydrogens (primary N) is 1. The first-order valence-electron chi connectivity index (χ1n) is 13.2. The molecule has 8 nitrogen and oxygen atoms in total. The molecule has 1 aromatic heterocycles. The van der Waals surface area contributed by atoms with Crippen molar-refractivity contribution in [2.24, 2.45) is 29.4 Å². The summed E-state index contributed by atoms with van der Waals surface area (Å²) in [5.74, 6) is -3.93. The Morgan fingerprint density at radius 2 is 1.78 bits per heavy atom. The highest BCUT2D eigenvalue weighted by Crippen LogP contribution is 2.44. The number of carbonyl (C=O) groups excluding carboxylic acids is 1. The number of primary amides is 1. The number of anilines is 1. The van der Waals surface area contributed by atoms with Crippen LogP contribution in [0, 0.1) is 23.7 Å². The zero-order chi connectivity index (χ0) is 26.0. The highest BCUT2D eigenvalue weighted by atomic mass is 32.1. The Morgan fingerprint density at radius 1 is 1.06 bits per heavy atom. The van der Waals surface area contributed by atoms with E-state index in [9.17, 15) is 29.7 Å². The predicted octanol–water partition coefficient (Wildman–Crippen LogP) is 4.71. The first-order valence-corrected chi connectivity index (χ1v) is 14.0. The smallest absolute Gasteiger partial charge is 0.348 e. The maximum Gasteiger partial charge on any atom is 0.348 e. The highest BCUT2D eigenvalue weighted by Gasteiger charge is 2.44. The van der Waals surface area contributed by atoms with Gasteiger partial charge >= 0.3 is 11.9 Å². The van der Waals surface area contributed by atoms with Crippen LogP contribution in [0.5, 0.6) is 0 Å². The van der Waals surface area contributed by atoms with E-state index in [0.29, 0.717) is 24.4 Å². The van der Waals surface area contributed by atoms with Crippen molar-refractivity contribution in [3.8, 4) is 0 Å². The van der Waals surface area contributed by atoms with E-state index in [2.05, 4.69) is 13.0 Å². The number of allylic oxidation sites excluding steroid dienone is 2. The summed E-state index contributed by atoms with van der Waals surface area (Å²) in [6, 6.07) is 1.48. The van der Waals surface area contributed by atoms with Gasteiger partial charge in [-0.25, -0.2) is 4.79 Å². The zero-order valence-electron chi connectivity index (χ0n) is 20.9. The molecule has 0 bridgehead atoms. The maximum atomic E-state index is 12.4. The molecule has 5 N–H and O–H groups in total. The molecule has 1 aromatic rings. The van der Waals surface area contributed by atoms with Gasteiger partial charge in [0.05, 0.1) is 17.5 Å². The van der Waals surface area contributed by atoms with E-state index in [0.717, 1.165) is 61.8 Å². The van der Waals surface area contributed by atoms with Crippen LogP contribution in [-0.2, 0) is 9.59 Å². The standard InChI is InChI=1S/C27H38N2O6S/c1-15-7-9-17(10-8-15)25(31)29(18-11-12-19(24(28)30)20(13-18)26(32)33)21-14-22(36-23(21)27(34)35)16-5-3-2-4-6-16/h5,14-15,17-20,25,31H,2-4,6-13H2,1H3,(H2,28,30)(H,32,33)(H,34,35)/t15?,17?,18?,19?,20?,25-/m1/s1. The molecule has 2 saturated carbocycles. The summed E-state index contributed by atoms with van der Waals surface area (Å²) in [5, 5.41) is 31.7. The van der Waals surface area contributed by atoms with Crippen LogP contribution in [0.3, 0.4) is 0 Å². The number of amides is 1. The molecule has 36 heavy (non-hydrogen) atoms. The molecule has 0 radical (unpaired) electrons. The first kappa shape index (κ1) is 26.7. The number of aromatic carboxylic acids is 1. The van der Waals surface area contributed by atoms with Gasteiger partial charge in [0.25, 0.3) is 0 Å². The number of aliphatic carboxylic acids is 1. The Balaban J connectivity index is 1.74. The zero-order valence-corrected chi connectivity index (χ0v) is 21.7. The molecule has 2 fully saturated rings. The molecule has 1 heterocycles. The lowest BCUT2D eigenvalue weighted by Crippen LogP contribution is -2.52. The van der Waals surface area contributed by atoms with E-state index in [4.69, 9.17) is 5.73 Å². The molecule has 0 spiro atoms. The Kier molecular flexibility index (Phi) is 8.40. The molecular formula is C27H38N2O6S. The molecular weight excluding hydrogens is 480 g/mol. The number of rotatable bonds is 8. The van der Waals surface area contributed by atoms with Crippen LogP contribution in [0.2, 0.25) is 0 Å². The summed E-state index contributed by atoms with van der Waals surface area (Å²) in [6.45, 7) is 2.20. The minimum absolute atomic E-state index is 0.0303. The largest absolute Gasteiger partial charge is 0.481 e. The molecule has 1 amide bonds. The van der Waals surface area contributed by atoms with E-state index in [1.807, 2.05) is 6.07 Å². The van der Waals surface area contributed by atoms with Gasteiger partial charge in [-0.05, 0) is 75.3 Å². The average molecular weight is 519 g/mol. The number of hydrogen-bond donors (Lipinski definition) is 4. The van der Waals surface area contributed by atoms with E-state index in [1.54, 1.807) is 4.90 Å². The van der Waals surface area contributed by atoms with Gasteiger partial charge in [0, 0.05) is 16.8 Å². The second-order valence-electron chi connectivity index (χ2n) is 10.9. The minimum Gasteiger partial charge on any atom is -0.481 e. The van der Waals surface area contributed by atoms with Crippen LogP contribution in [0.15, 0.2) is 12.1 Å². The third kappa shape index (κ3) is 5.62. The molecule has 0 aliphatic heterocycles. The number of carboxylic acids is 2. The van der Waals surface area contributed by atoms with Crippen molar-refractivity contribution in [1.29, 1.82) is 0 Å². The first-order chi connectivity index (χ1) is 17.2. The summed E-state index contributed by atoms with van der Waals surface area (Å²) in [6.07, 6.45) is 9.85. The van der Waals surface area contributed by atoms with Crippen molar-refractivity contribution in [2.45, 2.75) is 89.8 Å². The number of aliphatic hydroxyl groups excluding tert-OH is 1. The second kappa shape index (κ2) is 11.3. The van der Waals surface area contributed by atoms with Crippen molar-refractivity contribution in [2.75, 3.05) is 4.90 Å². The number of carboxylic acid groups (broad SMARTS) is 2. The van der Waals surface area contributed by atoms with Gasteiger partial charge in [0.2, 0.25) is 5.91 Å². The highest BCUT2D eigenvalue weighted by molar-refractivity contribution is 7.15. The number of carbonyl (C=O) groups is 3. The SMILES string of the molecule is CC1CCC([C@@H](O)N(c2cc(C3=CCCCC3)sc2C(=O)O)C2CCC(C(N)=O)C(C(=O)O)C2)CC1. The van der Waals surface area contributed by atoms with Crippen molar-refractivity contribution in [3.63, 3.8) is 0 Å². The van der Waals surface area contributed by atoms with Gasteiger partial charge in [-0.3, -0.25) is 9.59 Å². The minimum atomic E-state index is -1.08. The molecule has 4 rings (SSSR count). The maximum absolute atomic E-state index is 12.4. The van der Waals surface area contributed by atoms with Gasteiger partial charge in [-0.2, -0.15) is 0 Å². The Morgan fingerprint density at radius 3 is 2.36 bits per heavy atom. The van der Waals surface area contributed by atoms with Crippen LogP contribution in [-0.4, -0.2) is 45.4 Å². The Bertz CT molecular complexity index is 1010. The quantitative estimate of drug-likeness (QED) is 0.365. The molecule has 3 aliphatic rings. The van der Waals surface area contributed by atoms with Crippen LogP contribution in [0.25, 0.3) is 5.57 Å². The summed E-state index contributed by atoms with van der Waals surface area (Å²) in [7, 11) is 0. The van der Waals surface area contributed by atoms with Crippen LogP contribution < -0.4 is 10.6 Å². The van der Waals surface area contributed by atoms with Gasteiger partial charge in [-0.1, -0.05) is 25.8 Å². The number of nitrogens with zero attached hydrogens (tertiary/aromatic N) is 1. The van der Waals surface area contributed by atoms with Gasteiger partial charge in [0.1, 0.15) is 11.1 Å². The van der Waals surface area contributed by atoms with Crippen LogP contribution in [0.1, 0.15) is 92.1 Å². The molecule has 3 unspecified atom stereocenters. The normalized spacial score (nSPS) is 29.7. The molecule has 0 saturated heterocycles. The summed E-state index contributed by atoms with van der Waals surface area (Å²) >= 11 is 1.23. The predicted molar refractivity (Wildman–Crippen MR) is 139 cm³/mol. The van der Waals surface area contributed by atoms with Gasteiger partial charge in [0.15, 0.2) is 0 Å². The second-order valence-corrected chi connectivity index (χ2v) is 11.9. The van der Waals surface area contributed by atoms with Gasteiger partial charge < -0.3 is 26.0 Å². The molecule has 198 valence electrons. The van der Waals surface area contributed by atoms with Crippen LogP contribution >= 0.6 is 11.3 Å². The van der Waals surface area contributed by atoms with E-state index in [-0.39, 0.29) is 17.2 Å². The van der Waals surface area contributed by atoms with Gasteiger partial charge in [-0.15, -0.1) is 11.3 Å². The summed E-state index contributed by atoms with van der Waals surface area (Å²) < 4.78 is 0. The lowest BCUT2D eigenvalue weighted by molar-refractivity contribution is -0.148. The summed E-state index contributed by atoms with van der Waals surface area (Å²) in [4.78, 5) is 39.3. The third-order valence-corrected chi connectivity index (χ3v) is 9.65. The fourth-order valence-corrected chi connectivity index (χ4v) is 7.39. The molecule has 9 heteroatoms. The third-order valence-electron chi connectivity index (χ3n) is 8.46. The summed E-state index contributed by atoms with van der Waals surface area (Å²) in [5.41, 5.74) is 7.13. The fraction of sp³-hybridized carbons (Fsp3) is 0.667.